The highest BCUT2D eigenvalue weighted by atomic mass is 35.5. The van der Waals surface area contributed by atoms with Crippen LogP contribution in [-0.2, 0) is 6.54 Å². The number of carbonyl (C=O) groups is 1. The lowest BCUT2D eigenvalue weighted by Crippen LogP contribution is -2.49. The summed E-state index contributed by atoms with van der Waals surface area (Å²) in [4.78, 5) is 31.9. The number of nitrogens with zero attached hydrogens (tertiary/aromatic N) is 6. The predicted molar refractivity (Wildman–Crippen MR) is 127 cm³/mol. The van der Waals surface area contributed by atoms with E-state index in [0.29, 0.717) is 61.5 Å². The minimum absolute atomic E-state index is 0.103. The molecule has 1 amide bonds. The number of benzene rings is 2. The number of rotatable bonds is 4. The number of aliphatic imine (C=N–C) groups is 1. The first-order valence-corrected chi connectivity index (χ1v) is 11.1. The molecule has 1 saturated heterocycles. The molecular formula is C24H22ClFN6O. The molecule has 3 heterocycles. The average molecular weight is 465 g/mol. The monoisotopic (exact) mass is 464 g/mol. The van der Waals surface area contributed by atoms with Crippen molar-refractivity contribution < 1.29 is 9.18 Å². The maximum atomic E-state index is 14.7. The van der Waals surface area contributed by atoms with Crippen LogP contribution in [0.1, 0.15) is 21.5 Å². The molecular weight excluding hydrogens is 443 g/mol. The molecule has 9 heteroatoms. The van der Waals surface area contributed by atoms with Gasteiger partial charge in [0.15, 0.2) is 0 Å². The lowest BCUT2D eigenvalue weighted by atomic mass is 10.1. The van der Waals surface area contributed by atoms with Crippen LogP contribution in [0.3, 0.4) is 0 Å². The van der Waals surface area contributed by atoms with Crippen LogP contribution in [0.25, 0.3) is 0 Å². The maximum absolute atomic E-state index is 14.7. The van der Waals surface area contributed by atoms with Gasteiger partial charge in [-0.05, 0) is 42.5 Å². The van der Waals surface area contributed by atoms with E-state index in [-0.39, 0.29) is 11.7 Å². The van der Waals surface area contributed by atoms with E-state index >= 15 is 0 Å². The minimum atomic E-state index is -0.345. The Morgan fingerprint density at radius 1 is 1.03 bits per heavy atom. The lowest BCUT2D eigenvalue weighted by molar-refractivity contribution is 0.0746. The first-order valence-electron chi connectivity index (χ1n) is 10.7. The minimum Gasteiger partial charge on any atom is -0.347 e. The molecule has 0 spiro atoms. The summed E-state index contributed by atoms with van der Waals surface area (Å²) in [5.41, 5.74) is 2.76. The Morgan fingerprint density at radius 2 is 1.82 bits per heavy atom. The molecule has 33 heavy (non-hydrogen) atoms. The first-order chi connectivity index (χ1) is 16.1. The molecule has 0 bridgehead atoms. The van der Waals surface area contributed by atoms with Gasteiger partial charge in [0, 0.05) is 78.7 Å². The quantitative estimate of drug-likeness (QED) is 0.590. The number of piperazine rings is 1. The van der Waals surface area contributed by atoms with Crippen LogP contribution in [0.4, 0.5) is 16.0 Å². The van der Waals surface area contributed by atoms with E-state index < -0.39 is 0 Å². The molecule has 1 aromatic heterocycles. The van der Waals surface area contributed by atoms with Crippen molar-refractivity contribution in [2.24, 2.45) is 4.99 Å². The third kappa shape index (κ3) is 4.52. The summed E-state index contributed by atoms with van der Waals surface area (Å²) in [6, 6.07) is 11.9. The van der Waals surface area contributed by atoms with Crippen LogP contribution in [0.2, 0.25) is 5.02 Å². The SMILES string of the molecule is O=C(c1ccc(F)c(CN2CN=Cc3cc(Cl)ccc32)c1)N1CCN(c2ncccn2)CC1. The average Bonchev–Trinajstić information content (AvgIpc) is 2.85. The Morgan fingerprint density at radius 3 is 2.61 bits per heavy atom. The second-order valence-corrected chi connectivity index (χ2v) is 8.42. The van der Waals surface area contributed by atoms with Crippen molar-refractivity contribution in [3.63, 3.8) is 0 Å². The molecule has 2 aliphatic heterocycles. The summed E-state index contributed by atoms with van der Waals surface area (Å²) >= 11 is 6.09. The van der Waals surface area contributed by atoms with Crippen molar-refractivity contribution in [2.45, 2.75) is 6.54 Å². The Hall–Kier alpha value is -3.52. The van der Waals surface area contributed by atoms with E-state index in [4.69, 9.17) is 11.6 Å². The maximum Gasteiger partial charge on any atom is 0.253 e. The van der Waals surface area contributed by atoms with E-state index in [2.05, 4.69) is 19.9 Å². The molecule has 2 aromatic carbocycles. The van der Waals surface area contributed by atoms with Crippen LogP contribution in [-0.4, -0.2) is 59.8 Å². The lowest BCUT2D eigenvalue weighted by Gasteiger charge is -2.34. The van der Waals surface area contributed by atoms with Gasteiger partial charge in [-0.2, -0.15) is 0 Å². The smallest absolute Gasteiger partial charge is 0.253 e. The van der Waals surface area contributed by atoms with Gasteiger partial charge in [0.1, 0.15) is 12.5 Å². The highest BCUT2D eigenvalue weighted by Crippen LogP contribution is 2.28. The van der Waals surface area contributed by atoms with Crippen molar-refractivity contribution >= 4 is 35.4 Å². The van der Waals surface area contributed by atoms with Gasteiger partial charge in [-0.3, -0.25) is 9.79 Å². The molecule has 168 valence electrons. The van der Waals surface area contributed by atoms with Gasteiger partial charge in [0.25, 0.3) is 5.91 Å². The number of amides is 1. The molecule has 0 saturated carbocycles. The third-order valence-corrected chi connectivity index (χ3v) is 6.10. The first kappa shape index (κ1) is 21.3. The molecule has 3 aromatic rings. The summed E-state index contributed by atoms with van der Waals surface area (Å²) < 4.78 is 14.7. The number of hydrogen-bond acceptors (Lipinski definition) is 6. The number of aromatic nitrogens is 2. The van der Waals surface area contributed by atoms with Gasteiger partial charge in [-0.1, -0.05) is 11.6 Å². The van der Waals surface area contributed by atoms with E-state index in [1.165, 1.54) is 6.07 Å². The summed E-state index contributed by atoms with van der Waals surface area (Å²) in [6.45, 7) is 3.12. The standard InChI is InChI=1S/C24H22ClFN6O/c25-20-3-5-22-18(13-20)14-27-16-32(22)15-19-12-17(2-4-21(19)26)23(33)30-8-10-31(11-9-30)24-28-6-1-7-29-24/h1-7,12-14H,8-11,15-16H2. The zero-order valence-electron chi connectivity index (χ0n) is 17.9. The van der Waals surface area contributed by atoms with E-state index in [9.17, 15) is 9.18 Å². The van der Waals surface area contributed by atoms with Gasteiger partial charge < -0.3 is 14.7 Å². The Kier molecular flexibility index (Phi) is 5.92. The molecule has 5 rings (SSSR count). The van der Waals surface area contributed by atoms with Gasteiger partial charge in [-0.25, -0.2) is 14.4 Å². The zero-order valence-corrected chi connectivity index (χ0v) is 18.6. The predicted octanol–water partition coefficient (Wildman–Crippen LogP) is 3.63. The molecule has 0 radical (unpaired) electrons. The fourth-order valence-corrected chi connectivity index (χ4v) is 4.33. The number of halogens is 2. The van der Waals surface area contributed by atoms with Crippen LogP contribution in [0.15, 0.2) is 59.9 Å². The molecule has 0 unspecified atom stereocenters. The summed E-state index contributed by atoms with van der Waals surface area (Å²) in [5, 5.41) is 0.625. The topological polar surface area (TPSA) is 64.9 Å². The van der Waals surface area contributed by atoms with Gasteiger partial charge >= 0.3 is 0 Å². The third-order valence-electron chi connectivity index (χ3n) is 5.87. The molecule has 1 fully saturated rings. The van der Waals surface area contributed by atoms with E-state index in [1.807, 2.05) is 23.1 Å². The molecule has 7 nitrogen and oxygen atoms in total. The number of hydrogen-bond donors (Lipinski definition) is 0. The largest absolute Gasteiger partial charge is 0.347 e. The van der Waals surface area contributed by atoms with Crippen molar-refractivity contribution in [2.75, 3.05) is 42.6 Å². The van der Waals surface area contributed by atoms with Crippen LogP contribution in [0.5, 0.6) is 0 Å². The normalized spacial score (nSPS) is 15.5. The highest BCUT2D eigenvalue weighted by Gasteiger charge is 2.24. The number of carbonyl (C=O) groups excluding carboxylic acids is 1. The summed E-state index contributed by atoms with van der Waals surface area (Å²) in [5.74, 6) is 0.218. The van der Waals surface area contributed by atoms with Crippen LogP contribution < -0.4 is 9.80 Å². The molecule has 0 aliphatic carbocycles. The van der Waals surface area contributed by atoms with Gasteiger partial charge in [0.2, 0.25) is 5.95 Å². The van der Waals surface area contributed by atoms with Crippen molar-refractivity contribution in [1.29, 1.82) is 0 Å². The van der Waals surface area contributed by atoms with E-state index in [1.54, 1.807) is 41.7 Å². The molecule has 0 N–H and O–H groups in total. The Balaban J connectivity index is 1.29. The highest BCUT2D eigenvalue weighted by molar-refractivity contribution is 6.31. The van der Waals surface area contributed by atoms with Gasteiger partial charge in [-0.15, -0.1) is 0 Å². The van der Waals surface area contributed by atoms with Crippen LogP contribution >= 0.6 is 11.6 Å². The van der Waals surface area contributed by atoms with E-state index in [0.717, 1.165) is 11.3 Å². The number of anilines is 2. The van der Waals surface area contributed by atoms with Crippen molar-refractivity contribution in [3.05, 3.63) is 82.4 Å². The Labute approximate surface area is 196 Å². The molecule has 2 aliphatic rings. The fraction of sp³-hybridized carbons (Fsp3) is 0.250. The fourth-order valence-electron chi connectivity index (χ4n) is 4.15. The zero-order chi connectivity index (χ0) is 22.8. The molecule has 0 atom stereocenters. The van der Waals surface area contributed by atoms with Crippen molar-refractivity contribution in [3.8, 4) is 0 Å². The number of fused-ring (bicyclic) bond motifs is 1. The van der Waals surface area contributed by atoms with Crippen LogP contribution in [0, 0.1) is 5.82 Å². The van der Waals surface area contributed by atoms with Gasteiger partial charge in [0.05, 0.1) is 0 Å². The summed E-state index contributed by atoms with van der Waals surface area (Å²) in [7, 11) is 0. The van der Waals surface area contributed by atoms with Crippen molar-refractivity contribution in [1.82, 2.24) is 14.9 Å². The Bertz CT molecular complexity index is 1200. The summed E-state index contributed by atoms with van der Waals surface area (Å²) in [6.07, 6.45) is 5.19. The second kappa shape index (κ2) is 9.15. The second-order valence-electron chi connectivity index (χ2n) is 7.99.